The van der Waals surface area contributed by atoms with E-state index < -0.39 is 0 Å². The summed E-state index contributed by atoms with van der Waals surface area (Å²) in [5.41, 5.74) is 0. The van der Waals surface area contributed by atoms with Gasteiger partial charge in [0.1, 0.15) is 6.23 Å². The number of likely N-dealkylation sites (tertiary alicyclic amines) is 1. The molecule has 0 aromatic rings. The first kappa shape index (κ1) is 7.54. The van der Waals surface area contributed by atoms with E-state index in [2.05, 4.69) is 6.92 Å². The predicted octanol–water partition coefficient (Wildman–Crippen LogP) is 0.415. The molecule has 0 aromatic carbocycles. The number of carbonyl (C=O) groups is 1. The van der Waals surface area contributed by atoms with Crippen molar-refractivity contribution < 1.29 is 9.53 Å². The molecule has 3 nitrogen and oxygen atoms in total. The molecule has 1 radical (unpaired) electrons. The van der Waals surface area contributed by atoms with Crippen molar-refractivity contribution in [3.05, 3.63) is 6.92 Å². The average molecular weight is 142 g/mol. The molecule has 3 heteroatoms. The Hall–Kier alpha value is -0.570. The van der Waals surface area contributed by atoms with Crippen LogP contribution < -0.4 is 0 Å². The molecule has 1 heterocycles. The monoisotopic (exact) mass is 142 g/mol. The van der Waals surface area contributed by atoms with Gasteiger partial charge < -0.3 is 9.64 Å². The van der Waals surface area contributed by atoms with Crippen molar-refractivity contribution >= 4 is 5.91 Å². The Morgan fingerprint density at radius 3 is 2.90 bits per heavy atom. The number of nitrogens with zero attached hydrogens (tertiary/aromatic N) is 1. The molecule has 0 spiro atoms. The highest BCUT2D eigenvalue weighted by Gasteiger charge is 2.25. The quantitative estimate of drug-likeness (QED) is 0.531. The molecule has 0 aromatic heterocycles. The second-order valence-electron chi connectivity index (χ2n) is 2.42. The van der Waals surface area contributed by atoms with E-state index in [0.29, 0.717) is 0 Å². The molecule has 0 aliphatic carbocycles. The molecule has 1 atom stereocenters. The highest BCUT2D eigenvalue weighted by atomic mass is 16.5. The molecule has 0 bridgehead atoms. The summed E-state index contributed by atoms with van der Waals surface area (Å²) < 4.78 is 5.05. The Labute approximate surface area is 61.0 Å². The number of hydrogen-bond acceptors (Lipinski definition) is 2. The van der Waals surface area contributed by atoms with Gasteiger partial charge in [0, 0.05) is 20.6 Å². The maximum Gasteiger partial charge on any atom is 0.225 e. The maximum absolute atomic E-state index is 10.8. The molecule has 1 saturated heterocycles. The van der Waals surface area contributed by atoms with E-state index in [-0.39, 0.29) is 12.1 Å². The average Bonchev–Trinajstić information content (AvgIpc) is 2.33. The lowest BCUT2D eigenvalue weighted by Crippen LogP contribution is -2.34. The van der Waals surface area contributed by atoms with Gasteiger partial charge in [0.05, 0.1) is 0 Å². The number of methoxy groups -OCH3 is 1. The Morgan fingerprint density at radius 2 is 2.50 bits per heavy atom. The van der Waals surface area contributed by atoms with Crippen LogP contribution in [-0.4, -0.2) is 30.7 Å². The minimum Gasteiger partial charge on any atom is -0.362 e. The second-order valence-corrected chi connectivity index (χ2v) is 2.42. The van der Waals surface area contributed by atoms with Crippen LogP contribution in [0.4, 0.5) is 0 Å². The third kappa shape index (κ3) is 1.29. The molecule has 1 aliphatic heterocycles. The zero-order valence-electron chi connectivity index (χ0n) is 6.17. The lowest BCUT2D eigenvalue weighted by atomic mass is 10.4. The minimum atomic E-state index is -0.135. The Bertz CT molecular complexity index is 136. The van der Waals surface area contributed by atoms with E-state index in [1.807, 2.05) is 0 Å². The van der Waals surface area contributed by atoms with Crippen molar-refractivity contribution in [2.24, 2.45) is 0 Å². The molecule has 1 aliphatic rings. The van der Waals surface area contributed by atoms with E-state index in [1.54, 1.807) is 12.0 Å². The molecular formula is C7H12NO2. The molecule has 10 heavy (non-hydrogen) atoms. The summed E-state index contributed by atoms with van der Waals surface area (Å²) in [6.07, 6.45) is 1.95. The maximum atomic E-state index is 10.8. The van der Waals surface area contributed by atoms with E-state index >= 15 is 0 Å². The molecule has 1 unspecified atom stereocenters. The van der Waals surface area contributed by atoms with Crippen LogP contribution in [0.1, 0.15) is 12.8 Å². The lowest BCUT2D eigenvalue weighted by molar-refractivity contribution is -0.134. The Kier molecular flexibility index (Phi) is 2.27. The highest BCUT2D eigenvalue weighted by Crippen LogP contribution is 2.16. The molecule has 1 fully saturated rings. The fourth-order valence-electron chi connectivity index (χ4n) is 1.27. The topological polar surface area (TPSA) is 29.5 Å². The number of ether oxygens (including phenoxy) is 1. The molecule has 57 valence electrons. The van der Waals surface area contributed by atoms with E-state index in [1.165, 1.54) is 0 Å². The van der Waals surface area contributed by atoms with Gasteiger partial charge in [-0.1, -0.05) is 0 Å². The van der Waals surface area contributed by atoms with Crippen LogP contribution in [0.15, 0.2) is 0 Å². The number of rotatable bonds is 1. The highest BCUT2D eigenvalue weighted by molar-refractivity contribution is 5.80. The smallest absolute Gasteiger partial charge is 0.225 e. The van der Waals surface area contributed by atoms with Gasteiger partial charge in [0.25, 0.3) is 0 Å². The zero-order valence-corrected chi connectivity index (χ0v) is 6.17. The fourth-order valence-corrected chi connectivity index (χ4v) is 1.27. The third-order valence-electron chi connectivity index (χ3n) is 1.79. The number of amides is 1. The summed E-state index contributed by atoms with van der Waals surface area (Å²) in [5, 5.41) is 0. The first-order chi connectivity index (χ1) is 4.75. The standard InChI is InChI=1S/C7H12NO2/c1-6(9)8-5-3-4-7(8)10-2/h7H,1,3-5H2,2H3. The van der Waals surface area contributed by atoms with Gasteiger partial charge in [0.2, 0.25) is 5.91 Å². The molecule has 1 rings (SSSR count). The summed E-state index contributed by atoms with van der Waals surface area (Å²) in [6, 6.07) is 0. The van der Waals surface area contributed by atoms with Crippen LogP contribution in [0, 0.1) is 6.92 Å². The Morgan fingerprint density at radius 1 is 1.80 bits per heavy atom. The summed E-state index contributed by atoms with van der Waals surface area (Å²) in [6.45, 7) is 4.12. The van der Waals surface area contributed by atoms with Gasteiger partial charge in [-0.15, -0.1) is 0 Å². The first-order valence-corrected chi connectivity index (χ1v) is 3.41. The fraction of sp³-hybridized carbons (Fsp3) is 0.714. The summed E-state index contributed by atoms with van der Waals surface area (Å²) >= 11 is 0. The van der Waals surface area contributed by atoms with Crippen molar-refractivity contribution in [3.63, 3.8) is 0 Å². The Balaban J connectivity index is 2.50. The van der Waals surface area contributed by atoms with Crippen molar-refractivity contribution in [2.45, 2.75) is 19.1 Å². The molecule has 0 saturated carbocycles. The molecular weight excluding hydrogens is 130 g/mol. The molecule has 0 N–H and O–H groups in total. The van der Waals surface area contributed by atoms with Crippen molar-refractivity contribution in [1.82, 2.24) is 4.90 Å². The van der Waals surface area contributed by atoms with Crippen LogP contribution >= 0.6 is 0 Å². The van der Waals surface area contributed by atoms with E-state index in [9.17, 15) is 4.79 Å². The zero-order chi connectivity index (χ0) is 7.56. The summed E-state index contributed by atoms with van der Waals surface area (Å²) in [5.74, 6) is -0.135. The minimum absolute atomic E-state index is 0.0231. The summed E-state index contributed by atoms with van der Waals surface area (Å²) in [4.78, 5) is 12.4. The van der Waals surface area contributed by atoms with E-state index in [4.69, 9.17) is 4.74 Å². The SMILES string of the molecule is [CH2]C(=O)N1CCCC1OC. The van der Waals surface area contributed by atoms with Crippen molar-refractivity contribution in [1.29, 1.82) is 0 Å². The van der Waals surface area contributed by atoms with Gasteiger partial charge in [-0.3, -0.25) is 4.79 Å². The van der Waals surface area contributed by atoms with Gasteiger partial charge in [0.15, 0.2) is 0 Å². The largest absolute Gasteiger partial charge is 0.362 e. The summed E-state index contributed by atoms with van der Waals surface area (Å²) in [7, 11) is 1.62. The van der Waals surface area contributed by atoms with Crippen LogP contribution in [0.5, 0.6) is 0 Å². The van der Waals surface area contributed by atoms with Crippen molar-refractivity contribution in [3.8, 4) is 0 Å². The second kappa shape index (κ2) is 3.01. The van der Waals surface area contributed by atoms with Crippen LogP contribution in [0.2, 0.25) is 0 Å². The third-order valence-corrected chi connectivity index (χ3v) is 1.79. The van der Waals surface area contributed by atoms with Gasteiger partial charge >= 0.3 is 0 Å². The van der Waals surface area contributed by atoms with Crippen LogP contribution in [0.25, 0.3) is 0 Å². The lowest BCUT2D eigenvalue weighted by Gasteiger charge is -2.20. The predicted molar refractivity (Wildman–Crippen MR) is 37.1 cm³/mol. The van der Waals surface area contributed by atoms with Crippen LogP contribution in [0.3, 0.4) is 0 Å². The van der Waals surface area contributed by atoms with Gasteiger partial charge in [-0.05, 0) is 12.8 Å². The van der Waals surface area contributed by atoms with Gasteiger partial charge in [-0.25, -0.2) is 0 Å². The van der Waals surface area contributed by atoms with E-state index in [0.717, 1.165) is 19.4 Å². The number of hydrogen-bond donors (Lipinski definition) is 0. The first-order valence-electron chi connectivity index (χ1n) is 3.41. The van der Waals surface area contributed by atoms with Crippen LogP contribution in [-0.2, 0) is 9.53 Å². The normalized spacial score (nSPS) is 25.4. The van der Waals surface area contributed by atoms with Crippen molar-refractivity contribution in [2.75, 3.05) is 13.7 Å². The van der Waals surface area contributed by atoms with Gasteiger partial charge in [-0.2, -0.15) is 0 Å². The number of carbonyl (C=O) groups excluding carboxylic acids is 1. The molecule has 1 amide bonds.